The van der Waals surface area contributed by atoms with Crippen LogP contribution in [0.4, 0.5) is 0 Å². The van der Waals surface area contributed by atoms with Crippen LogP contribution in [0, 0.1) is 5.41 Å². The van der Waals surface area contributed by atoms with Gasteiger partial charge in [-0.05, 0) is 51.5 Å². The molecule has 0 bridgehead atoms. The Morgan fingerprint density at radius 1 is 1.31 bits per heavy atom. The Balaban J connectivity index is 1.46. The van der Waals surface area contributed by atoms with Crippen molar-refractivity contribution in [1.82, 2.24) is 19.5 Å². The predicted octanol–water partition coefficient (Wildman–Crippen LogP) is 2.47. The lowest BCUT2D eigenvalue weighted by Gasteiger charge is -2.41. The van der Waals surface area contributed by atoms with Gasteiger partial charge in [0.2, 0.25) is 0 Å². The maximum absolute atomic E-state index is 12.9. The number of piperidine rings is 1. The summed E-state index contributed by atoms with van der Waals surface area (Å²) in [4.78, 5) is 31.8. The molecule has 0 aromatic carbocycles. The highest BCUT2D eigenvalue weighted by Gasteiger charge is 2.45. The molecule has 0 radical (unpaired) electrons. The predicted molar refractivity (Wildman–Crippen MR) is 105 cm³/mol. The van der Waals surface area contributed by atoms with Crippen molar-refractivity contribution < 1.29 is 19.1 Å². The number of nitrogens with zero attached hydrogens (tertiary/aromatic N) is 4. The maximum atomic E-state index is 12.9. The fourth-order valence-electron chi connectivity index (χ4n) is 4.41. The van der Waals surface area contributed by atoms with Gasteiger partial charge in [0, 0.05) is 38.2 Å². The molecular weight excluding hydrogens is 372 g/mol. The van der Waals surface area contributed by atoms with E-state index >= 15 is 0 Å². The molecule has 8 nitrogen and oxygen atoms in total. The highest BCUT2D eigenvalue weighted by Crippen LogP contribution is 2.40. The highest BCUT2D eigenvalue weighted by molar-refractivity contribution is 5.93. The molecule has 0 aliphatic carbocycles. The zero-order chi connectivity index (χ0) is 20.3. The van der Waals surface area contributed by atoms with Gasteiger partial charge < -0.3 is 14.4 Å². The van der Waals surface area contributed by atoms with Crippen LogP contribution in [0.5, 0.6) is 0 Å². The third-order valence-corrected chi connectivity index (χ3v) is 6.06. The van der Waals surface area contributed by atoms with Crippen LogP contribution in [0.15, 0.2) is 24.5 Å². The summed E-state index contributed by atoms with van der Waals surface area (Å²) in [5.74, 6) is -0.278. The summed E-state index contributed by atoms with van der Waals surface area (Å²) in [6.07, 6.45) is 8.59. The Hall–Kier alpha value is -2.48. The molecule has 2 aliphatic heterocycles. The average molecular weight is 400 g/mol. The molecule has 0 unspecified atom stereocenters. The second-order valence-electron chi connectivity index (χ2n) is 7.94. The van der Waals surface area contributed by atoms with Gasteiger partial charge >= 0.3 is 5.97 Å². The standard InChI is InChI=1S/C21H28N4O4/c1-2-28-20(27)21(15-16-6-3-4-13-29-16)7-11-24(12-8-21)19(26)17-14-18-22-9-5-10-25(18)23-17/h5,9-10,14,16H,2-4,6-8,11-13,15H2,1H3/t16-/m0/s1. The molecule has 2 aromatic rings. The van der Waals surface area contributed by atoms with Crippen molar-refractivity contribution in [2.75, 3.05) is 26.3 Å². The SMILES string of the molecule is CCOC(=O)C1(C[C@@H]2CCCCO2)CCN(C(=O)c2cc3ncccn3n2)CC1. The third kappa shape index (κ3) is 4.12. The van der Waals surface area contributed by atoms with E-state index in [9.17, 15) is 9.59 Å². The first kappa shape index (κ1) is 19.8. The maximum Gasteiger partial charge on any atom is 0.312 e. The van der Waals surface area contributed by atoms with Crippen molar-refractivity contribution in [3.05, 3.63) is 30.2 Å². The fourth-order valence-corrected chi connectivity index (χ4v) is 4.41. The van der Waals surface area contributed by atoms with E-state index in [2.05, 4.69) is 10.1 Å². The van der Waals surface area contributed by atoms with Crippen molar-refractivity contribution in [2.24, 2.45) is 5.41 Å². The van der Waals surface area contributed by atoms with Crippen molar-refractivity contribution in [3.8, 4) is 0 Å². The largest absolute Gasteiger partial charge is 0.466 e. The van der Waals surface area contributed by atoms with Crippen LogP contribution in [0.25, 0.3) is 5.65 Å². The van der Waals surface area contributed by atoms with E-state index in [1.54, 1.807) is 33.9 Å². The molecule has 0 spiro atoms. The van der Waals surface area contributed by atoms with Crippen LogP contribution < -0.4 is 0 Å². The van der Waals surface area contributed by atoms with Crippen molar-refractivity contribution in [1.29, 1.82) is 0 Å². The Bertz CT molecular complexity index is 833. The van der Waals surface area contributed by atoms with Gasteiger partial charge in [0.05, 0.1) is 18.1 Å². The molecule has 4 heterocycles. The number of esters is 1. The zero-order valence-electron chi connectivity index (χ0n) is 16.9. The molecule has 0 saturated carbocycles. The van der Waals surface area contributed by atoms with Gasteiger partial charge in [-0.25, -0.2) is 9.50 Å². The number of hydrogen-bond acceptors (Lipinski definition) is 6. The first-order valence-corrected chi connectivity index (χ1v) is 10.5. The lowest BCUT2D eigenvalue weighted by molar-refractivity contribution is -0.162. The molecule has 2 aromatic heterocycles. The normalized spacial score (nSPS) is 21.8. The molecule has 29 heavy (non-hydrogen) atoms. The Labute approximate surface area is 170 Å². The van der Waals surface area contributed by atoms with E-state index in [0.29, 0.717) is 50.3 Å². The fraction of sp³-hybridized carbons (Fsp3) is 0.619. The first-order chi connectivity index (χ1) is 14.1. The number of likely N-dealkylation sites (tertiary alicyclic amines) is 1. The average Bonchev–Trinajstić information content (AvgIpc) is 3.19. The van der Waals surface area contributed by atoms with E-state index in [-0.39, 0.29) is 18.0 Å². The number of carbonyl (C=O) groups excluding carboxylic acids is 2. The van der Waals surface area contributed by atoms with E-state index in [1.165, 1.54) is 0 Å². The van der Waals surface area contributed by atoms with Crippen LogP contribution in [0.1, 0.15) is 55.9 Å². The molecule has 2 saturated heterocycles. The molecule has 1 amide bonds. The van der Waals surface area contributed by atoms with Crippen molar-refractivity contribution in [3.63, 3.8) is 0 Å². The summed E-state index contributed by atoms with van der Waals surface area (Å²) in [7, 11) is 0. The topological polar surface area (TPSA) is 86.0 Å². The number of aromatic nitrogens is 3. The molecule has 156 valence electrons. The number of amides is 1. The van der Waals surface area contributed by atoms with E-state index < -0.39 is 5.41 Å². The molecule has 0 N–H and O–H groups in total. The first-order valence-electron chi connectivity index (χ1n) is 10.5. The number of fused-ring (bicyclic) bond motifs is 1. The van der Waals surface area contributed by atoms with Gasteiger partial charge in [-0.1, -0.05) is 0 Å². The van der Waals surface area contributed by atoms with Gasteiger partial charge in [-0.2, -0.15) is 5.10 Å². The lowest BCUT2D eigenvalue weighted by atomic mass is 9.73. The number of ether oxygens (including phenoxy) is 2. The minimum absolute atomic E-state index is 0.0971. The minimum Gasteiger partial charge on any atom is -0.466 e. The van der Waals surface area contributed by atoms with Gasteiger partial charge in [0.15, 0.2) is 11.3 Å². The van der Waals surface area contributed by atoms with E-state index in [1.807, 2.05) is 6.92 Å². The summed E-state index contributed by atoms with van der Waals surface area (Å²) >= 11 is 0. The van der Waals surface area contributed by atoms with Gasteiger partial charge in [0.1, 0.15) is 0 Å². The molecular formula is C21H28N4O4. The van der Waals surface area contributed by atoms with Gasteiger partial charge in [-0.3, -0.25) is 9.59 Å². The summed E-state index contributed by atoms with van der Waals surface area (Å²) in [6, 6.07) is 3.47. The summed E-state index contributed by atoms with van der Waals surface area (Å²) in [5, 5.41) is 4.33. The molecule has 2 aliphatic rings. The number of carbonyl (C=O) groups is 2. The molecule has 8 heteroatoms. The van der Waals surface area contributed by atoms with E-state index in [4.69, 9.17) is 9.47 Å². The summed E-state index contributed by atoms with van der Waals surface area (Å²) in [6.45, 7) is 3.97. The van der Waals surface area contributed by atoms with Crippen LogP contribution in [0.2, 0.25) is 0 Å². The molecule has 4 rings (SSSR count). The summed E-state index contributed by atoms with van der Waals surface area (Å²) < 4.78 is 12.9. The molecule has 2 fully saturated rings. The second-order valence-corrected chi connectivity index (χ2v) is 7.94. The van der Waals surface area contributed by atoms with E-state index in [0.717, 1.165) is 25.9 Å². The monoisotopic (exact) mass is 400 g/mol. The number of hydrogen-bond donors (Lipinski definition) is 0. The second kappa shape index (κ2) is 8.49. The van der Waals surface area contributed by atoms with Gasteiger partial charge in [0.25, 0.3) is 5.91 Å². The quantitative estimate of drug-likeness (QED) is 0.717. The Kier molecular flexibility index (Phi) is 5.80. The van der Waals surface area contributed by atoms with Crippen molar-refractivity contribution >= 4 is 17.5 Å². The molecule has 1 atom stereocenters. The Morgan fingerprint density at radius 3 is 2.83 bits per heavy atom. The minimum atomic E-state index is -0.574. The van der Waals surface area contributed by atoms with Crippen LogP contribution in [0.3, 0.4) is 0 Å². The highest BCUT2D eigenvalue weighted by atomic mass is 16.5. The third-order valence-electron chi connectivity index (χ3n) is 6.06. The lowest BCUT2D eigenvalue weighted by Crippen LogP contribution is -2.49. The zero-order valence-corrected chi connectivity index (χ0v) is 16.9. The Morgan fingerprint density at radius 2 is 2.14 bits per heavy atom. The smallest absolute Gasteiger partial charge is 0.312 e. The number of rotatable bonds is 5. The van der Waals surface area contributed by atoms with Crippen molar-refractivity contribution in [2.45, 2.75) is 51.6 Å². The van der Waals surface area contributed by atoms with Gasteiger partial charge in [-0.15, -0.1) is 0 Å². The summed E-state index contributed by atoms with van der Waals surface area (Å²) in [5.41, 5.74) is 0.445. The van der Waals surface area contributed by atoms with Crippen LogP contribution >= 0.6 is 0 Å². The van der Waals surface area contributed by atoms with Crippen LogP contribution in [-0.2, 0) is 14.3 Å². The van der Waals surface area contributed by atoms with Crippen LogP contribution in [-0.4, -0.2) is 63.8 Å².